The van der Waals surface area contributed by atoms with E-state index in [1.165, 1.54) is 32.1 Å². The second-order valence-corrected chi connectivity index (χ2v) is 6.64. The number of nitrogens with one attached hydrogen (secondary N) is 1. The zero-order valence-corrected chi connectivity index (χ0v) is 12.8. The molecule has 4 heteroatoms. The van der Waals surface area contributed by atoms with Crippen LogP contribution in [0.25, 0.3) is 0 Å². The summed E-state index contributed by atoms with van der Waals surface area (Å²) in [4.78, 5) is 18.4. The largest absolute Gasteiger partial charge is 0.352 e. The molecular formula is C17H25N3O. The first-order valence-corrected chi connectivity index (χ1v) is 8.09. The van der Waals surface area contributed by atoms with E-state index in [0.717, 1.165) is 23.9 Å². The lowest BCUT2D eigenvalue weighted by Crippen LogP contribution is -2.42. The molecule has 2 fully saturated rings. The van der Waals surface area contributed by atoms with E-state index in [4.69, 9.17) is 0 Å². The van der Waals surface area contributed by atoms with Crippen LogP contribution in [-0.2, 0) is 11.3 Å². The lowest BCUT2D eigenvalue weighted by molar-refractivity contribution is -0.123. The van der Waals surface area contributed by atoms with E-state index < -0.39 is 0 Å². The molecule has 0 spiro atoms. The van der Waals surface area contributed by atoms with E-state index in [0.29, 0.717) is 12.6 Å². The highest BCUT2D eigenvalue weighted by molar-refractivity contribution is 5.78. The number of hydrogen-bond donors (Lipinski definition) is 1. The van der Waals surface area contributed by atoms with Crippen LogP contribution in [0.3, 0.4) is 0 Å². The van der Waals surface area contributed by atoms with Crippen LogP contribution in [0.5, 0.6) is 0 Å². The van der Waals surface area contributed by atoms with Gasteiger partial charge in [-0.15, -0.1) is 0 Å². The molecule has 2 aliphatic carbocycles. The minimum atomic E-state index is 0.166. The lowest BCUT2D eigenvalue weighted by atomic mass is 9.98. The first-order chi connectivity index (χ1) is 10.2. The molecule has 2 saturated carbocycles. The van der Waals surface area contributed by atoms with Crippen molar-refractivity contribution < 1.29 is 4.79 Å². The Morgan fingerprint density at radius 1 is 1.38 bits per heavy atom. The maximum absolute atomic E-state index is 12.2. The van der Waals surface area contributed by atoms with Crippen molar-refractivity contribution in [2.24, 2.45) is 11.8 Å². The van der Waals surface area contributed by atoms with Crippen molar-refractivity contribution in [2.75, 3.05) is 13.6 Å². The molecule has 114 valence electrons. The fourth-order valence-electron chi connectivity index (χ4n) is 4.10. The number of aromatic nitrogens is 1. The van der Waals surface area contributed by atoms with Gasteiger partial charge in [0.1, 0.15) is 0 Å². The minimum Gasteiger partial charge on any atom is -0.352 e. The predicted molar refractivity (Wildman–Crippen MR) is 82.6 cm³/mol. The van der Waals surface area contributed by atoms with Crippen LogP contribution >= 0.6 is 0 Å². The van der Waals surface area contributed by atoms with Crippen molar-refractivity contribution in [3.63, 3.8) is 0 Å². The molecule has 0 unspecified atom stereocenters. The van der Waals surface area contributed by atoms with Gasteiger partial charge in [0.15, 0.2) is 0 Å². The number of fused-ring (bicyclic) bond motifs is 1. The number of carbonyl (C=O) groups is 1. The number of pyridine rings is 1. The van der Waals surface area contributed by atoms with Gasteiger partial charge in [-0.3, -0.25) is 14.7 Å². The average Bonchev–Trinajstić information content (AvgIpc) is 3.05. The molecule has 0 aliphatic heterocycles. The van der Waals surface area contributed by atoms with Gasteiger partial charge in [0.2, 0.25) is 5.91 Å². The highest BCUT2D eigenvalue weighted by Gasteiger charge is 2.39. The first-order valence-electron chi connectivity index (χ1n) is 8.09. The summed E-state index contributed by atoms with van der Waals surface area (Å²) in [6, 6.07) is 4.40. The summed E-state index contributed by atoms with van der Waals surface area (Å²) in [5.74, 6) is 1.79. The van der Waals surface area contributed by atoms with Gasteiger partial charge >= 0.3 is 0 Å². The molecule has 1 heterocycles. The van der Waals surface area contributed by atoms with E-state index in [1.54, 1.807) is 6.20 Å². The van der Waals surface area contributed by atoms with Crippen LogP contribution in [-0.4, -0.2) is 35.4 Å². The van der Waals surface area contributed by atoms with Gasteiger partial charge in [0, 0.05) is 25.0 Å². The van der Waals surface area contributed by atoms with E-state index >= 15 is 0 Å². The lowest BCUT2D eigenvalue weighted by Gasteiger charge is -2.22. The molecule has 0 aromatic carbocycles. The van der Waals surface area contributed by atoms with Crippen molar-refractivity contribution in [2.45, 2.75) is 44.7 Å². The quantitative estimate of drug-likeness (QED) is 0.903. The number of hydrogen-bond acceptors (Lipinski definition) is 3. The Labute approximate surface area is 126 Å². The van der Waals surface area contributed by atoms with Gasteiger partial charge in [-0.1, -0.05) is 18.9 Å². The molecular weight excluding hydrogens is 262 g/mol. The van der Waals surface area contributed by atoms with Crippen LogP contribution in [0.1, 0.15) is 37.7 Å². The highest BCUT2D eigenvalue weighted by Crippen LogP contribution is 2.43. The van der Waals surface area contributed by atoms with Crippen molar-refractivity contribution >= 4 is 5.91 Å². The summed E-state index contributed by atoms with van der Waals surface area (Å²) in [5.41, 5.74) is 1.14. The Kier molecular flexibility index (Phi) is 4.54. The third kappa shape index (κ3) is 3.62. The van der Waals surface area contributed by atoms with Crippen LogP contribution < -0.4 is 5.32 Å². The molecule has 21 heavy (non-hydrogen) atoms. The zero-order valence-electron chi connectivity index (χ0n) is 12.8. The van der Waals surface area contributed by atoms with Crippen LogP contribution in [0.4, 0.5) is 0 Å². The Bertz CT molecular complexity index is 476. The van der Waals surface area contributed by atoms with E-state index in [9.17, 15) is 4.79 Å². The summed E-state index contributed by atoms with van der Waals surface area (Å²) < 4.78 is 0. The maximum Gasteiger partial charge on any atom is 0.234 e. The molecule has 0 radical (unpaired) electrons. The van der Waals surface area contributed by atoms with Gasteiger partial charge in [0.05, 0.1) is 6.54 Å². The van der Waals surface area contributed by atoms with Gasteiger partial charge < -0.3 is 5.32 Å². The maximum atomic E-state index is 12.2. The van der Waals surface area contributed by atoms with Crippen molar-refractivity contribution in [1.82, 2.24) is 15.2 Å². The van der Waals surface area contributed by atoms with Crippen molar-refractivity contribution in [1.29, 1.82) is 0 Å². The Hall–Kier alpha value is -1.42. The highest BCUT2D eigenvalue weighted by atomic mass is 16.2. The van der Waals surface area contributed by atoms with E-state index in [2.05, 4.69) is 10.3 Å². The molecule has 0 bridgehead atoms. The summed E-state index contributed by atoms with van der Waals surface area (Å²) in [7, 11) is 1.99. The van der Waals surface area contributed by atoms with Crippen LogP contribution in [0.15, 0.2) is 24.5 Å². The molecule has 1 N–H and O–H groups in total. The summed E-state index contributed by atoms with van der Waals surface area (Å²) in [6.45, 7) is 1.22. The van der Waals surface area contributed by atoms with Crippen LogP contribution in [0, 0.1) is 11.8 Å². The van der Waals surface area contributed by atoms with E-state index in [-0.39, 0.29) is 5.91 Å². The Balaban J connectivity index is 1.45. The summed E-state index contributed by atoms with van der Waals surface area (Å²) in [6.07, 6.45) is 10.1. The third-order valence-corrected chi connectivity index (χ3v) is 5.02. The van der Waals surface area contributed by atoms with Crippen molar-refractivity contribution in [3.8, 4) is 0 Å². The summed E-state index contributed by atoms with van der Waals surface area (Å²) >= 11 is 0. The van der Waals surface area contributed by atoms with Crippen LogP contribution in [0.2, 0.25) is 0 Å². The zero-order chi connectivity index (χ0) is 14.7. The van der Waals surface area contributed by atoms with Gasteiger partial charge in [0.25, 0.3) is 0 Å². The van der Waals surface area contributed by atoms with Crippen molar-refractivity contribution in [3.05, 3.63) is 30.1 Å². The topological polar surface area (TPSA) is 45.2 Å². The number of likely N-dealkylation sites (N-methyl/N-ethyl adjacent to an activating group) is 1. The first kappa shape index (κ1) is 14.5. The predicted octanol–water partition coefficient (Wildman–Crippen LogP) is 2.21. The minimum absolute atomic E-state index is 0.166. The molecule has 3 rings (SSSR count). The molecule has 4 nitrogen and oxygen atoms in total. The normalized spacial score (nSPS) is 27.8. The fourth-order valence-corrected chi connectivity index (χ4v) is 4.10. The third-order valence-electron chi connectivity index (χ3n) is 5.02. The molecule has 2 aliphatic rings. The number of amides is 1. The second kappa shape index (κ2) is 6.56. The van der Waals surface area contributed by atoms with Gasteiger partial charge in [-0.2, -0.15) is 0 Å². The van der Waals surface area contributed by atoms with E-state index in [1.807, 2.05) is 30.3 Å². The molecule has 1 aromatic heterocycles. The number of carbonyl (C=O) groups excluding carboxylic acids is 1. The number of nitrogens with zero attached hydrogens (tertiary/aromatic N) is 2. The molecule has 1 aromatic rings. The smallest absolute Gasteiger partial charge is 0.234 e. The van der Waals surface area contributed by atoms with Gasteiger partial charge in [-0.25, -0.2) is 0 Å². The Morgan fingerprint density at radius 2 is 2.29 bits per heavy atom. The monoisotopic (exact) mass is 287 g/mol. The molecule has 3 atom stereocenters. The molecule has 0 saturated heterocycles. The second-order valence-electron chi connectivity index (χ2n) is 6.64. The fraction of sp³-hybridized carbons (Fsp3) is 0.647. The molecule has 1 amide bonds. The standard InChI is InChI=1S/C17H25N3O/c1-20(11-13-4-3-9-18-10-13)12-17(21)19-16-8-7-14-5-2-6-15(14)16/h3-4,9-10,14-16H,2,5-8,11-12H2,1H3,(H,19,21)/t14-,15-,16-/m1/s1. The summed E-state index contributed by atoms with van der Waals surface area (Å²) in [5, 5.41) is 3.27. The SMILES string of the molecule is CN(CC(=O)N[C@@H]1CC[C@H]2CCC[C@H]21)Cc1cccnc1. The average molecular weight is 287 g/mol. The van der Waals surface area contributed by atoms with Gasteiger partial charge in [-0.05, 0) is 49.8 Å². The number of rotatable bonds is 5. The Morgan fingerprint density at radius 3 is 3.10 bits per heavy atom.